The van der Waals surface area contributed by atoms with Crippen molar-refractivity contribution in [2.24, 2.45) is 0 Å². The molecule has 4 aromatic rings. The minimum Gasteiger partial charge on any atom is -0.383 e. The van der Waals surface area contributed by atoms with Crippen molar-refractivity contribution in [2.75, 3.05) is 5.73 Å². The van der Waals surface area contributed by atoms with Crippen LogP contribution in [0.3, 0.4) is 0 Å². The van der Waals surface area contributed by atoms with E-state index >= 15 is 0 Å². The van der Waals surface area contributed by atoms with Gasteiger partial charge in [0, 0.05) is 29.1 Å². The van der Waals surface area contributed by atoms with Gasteiger partial charge in [0.15, 0.2) is 5.82 Å². The van der Waals surface area contributed by atoms with Gasteiger partial charge in [-0.25, -0.2) is 15.0 Å². The maximum absolute atomic E-state index is 5.89. The Morgan fingerprint density at radius 1 is 0.958 bits per heavy atom. The molecule has 0 fully saturated rings. The summed E-state index contributed by atoms with van der Waals surface area (Å²) in [5, 5.41) is 0. The number of nitrogens with two attached hydrogens (primary N) is 1. The van der Waals surface area contributed by atoms with E-state index in [1.165, 1.54) is 5.56 Å². The number of hydrogen-bond donors (Lipinski definition) is 1. The lowest BCUT2D eigenvalue weighted by Gasteiger charge is -2.06. The lowest BCUT2D eigenvalue weighted by Crippen LogP contribution is -1.99. The Balaban J connectivity index is 1.82. The average molecular weight is 315 g/mol. The van der Waals surface area contributed by atoms with Crippen molar-refractivity contribution in [3.8, 4) is 22.6 Å². The van der Waals surface area contributed by atoms with Crippen LogP contribution in [0.15, 0.2) is 55.0 Å². The van der Waals surface area contributed by atoms with Gasteiger partial charge in [-0.15, -0.1) is 0 Å². The number of aryl methyl sites for hydroxylation is 2. The molecule has 0 bridgehead atoms. The van der Waals surface area contributed by atoms with Gasteiger partial charge in [-0.3, -0.25) is 4.40 Å². The Bertz CT molecular complexity index is 1050. The molecule has 0 atom stereocenters. The molecule has 1 aromatic carbocycles. The maximum atomic E-state index is 5.89. The SMILES string of the molecule is Cc1cccc(-c2cnc3cc(-c4ncc(C)c(N)n4)ccn23)c1. The normalized spacial score (nSPS) is 11.1. The molecule has 0 saturated carbocycles. The molecule has 0 unspecified atom stereocenters. The highest BCUT2D eigenvalue weighted by Crippen LogP contribution is 2.24. The third kappa shape index (κ3) is 2.40. The summed E-state index contributed by atoms with van der Waals surface area (Å²) in [6.45, 7) is 3.98. The molecule has 0 aliphatic carbocycles. The van der Waals surface area contributed by atoms with Gasteiger partial charge >= 0.3 is 0 Å². The van der Waals surface area contributed by atoms with Gasteiger partial charge in [-0.05, 0) is 32.0 Å². The first-order chi connectivity index (χ1) is 11.6. The fraction of sp³-hybridized carbons (Fsp3) is 0.105. The molecule has 0 radical (unpaired) electrons. The van der Waals surface area contributed by atoms with Gasteiger partial charge in [-0.1, -0.05) is 23.8 Å². The first kappa shape index (κ1) is 14.4. The Hall–Kier alpha value is -3.21. The summed E-state index contributed by atoms with van der Waals surface area (Å²) in [7, 11) is 0. The van der Waals surface area contributed by atoms with Gasteiger partial charge < -0.3 is 5.73 Å². The highest BCUT2D eigenvalue weighted by molar-refractivity contribution is 5.68. The molecule has 5 heteroatoms. The second kappa shape index (κ2) is 5.45. The molecule has 4 rings (SSSR count). The zero-order chi connectivity index (χ0) is 16.7. The van der Waals surface area contributed by atoms with E-state index in [1.54, 1.807) is 6.20 Å². The second-order valence-corrected chi connectivity index (χ2v) is 5.92. The summed E-state index contributed by atoms with van der Waals surface area (Å²) in [6, 6.07) is 12.3. The molecule has 0 aliphatic rings. The fourth-order valence-electron chi connectivity index (χ4n) is 2.73. The molecule has 3 heterocycles. The first-order valence-electron chi connectivity index (χ1n) is 7.75. The molecule has 0 spiro atoms. The van der Waals surface area contributed by atoms with Crippen LogP contribution in [0.5, 0.6) is 0 Å². The van der Waals surface area contributed by atoms with E-state index in [0.717, 1.165) is 28.0 Å². The third-order valence-corrected chi connectivity index (χ3v) is 4.10. The van der Waals surface area contributed by atoms with Gasteiger partial charge in [0.25, 0.3) is 0 Å². The topological polar surface area (TPSA) is 69.1 Å². The molecule has 5 nitrogen and oxygen atoms in total. The Morgan fingerprint density at radius 3 is 2.62 bits per heavy atom. The summed E-state index contributed by atoms with van der Waals surface area (Å²) < 4.78 is 2.07. The van der Waals surface area contributed by atoms with Crippen molar-refractivity contribution < 1.29 is 0 Å². The van der Waals surface area contributed by atoms with E-state index in [9.17, 15) is 0 Å². The molecule has 118 valence electrons. The van der Waals surface area contributed by atoms with Crippen molar-refractivity contribution in [3.05, 3.63) is 66.1 Å². The Labute approximate surface area is 139 Å². The first-order valence-corrected chi connectivity index (χ1v) is 7.75. The minimum atomic E-state index is 0.503. The van der Waals surface area contributed by atoms with Crippen LogP contribution in [0.1, 0.15) is 11.1 Å². The largest absolute Gasteiger partial charge is 0.383 e. The van der Waals surface area contributed by atoms with Gasteiger partial charge in [-0.2, -0.15) is 0 Å². The van der Waals surface area contributed by atoms with E-state index in [4.69, 9.17) is 5.73 Å². The van der Waals surface area contributed by atoms with E-state index in [-0.39, 0.29) is 0 Å². The molecule has 2 N–H and O–H groups in total. The summed E-state index contributed by atoms with van der Waals surface area (Å²) >= 11 is 0. The van der Waals surface area contributed by atoms with E-state index in [1.807, 2.05) is 31.5 Å². The summed E-state index contributed by atoms with van der Waals surface area (Å²) in [5.41, 5.74) is 12.0. The van der Waals surface area contributed by atoms with Crippen LogP contribution >= 0.6 is 0 Å². The third-order valence-electron chi connectivity index (χ3n) is 4.10. The molecule has 0 amide bonds. The number of imidazole rings is 1. The van der Waals surface area contributed by atoms with Crippen LogP contribution in [0, 0.1) is 13.8 Å². The van der Waals surface area contributed by atoms with Crippen LogP contribution in [0.25, 0.3) is 28.3 Å². The number of aromatic nitrogens is 4. The predicted molar refractivity (Wildman–Crippen MR) is 95.5 cm³/mol. The van der Waals surface area contributed by atoms with Gasteiger partial charge in [0.2, 0.25) is 0 Å². The van der Waals surface area contributed by atoms with Crippen molar-refractivity contribution >= 4 is 11.5 Å². The van der Waals surface area contributed by atoms with Crippen molar-refractivity contribution in [1.82, 2.24) is 19.4 Å². The number of nitrogen functional groups attached to an aromatic ring is 1. The zero-order valence-electron chi connectivity index (χ0n) is 13.6. The summed E-state index contributed by atoms with van der Waals surface area (Å²) in [4.78, 5) is 13.2. The van der Waals surface area contributed by atoms with Crippen LogP contribution in [0.4, 0.5) is 5.82 Å². The summed E-state index contributed by atoms with van der Waals surface area (Å²) in [5.74, 6) is 1.12. The number of fused-ring (bicyclic) bond motifs is 1. The smallest absolute Gasteiger partial charge is 0.161 e. The van der Waals surface area contributed by atoms with Crippen LogP contribution in [-0.4, -0.2) is 19.4 Å². The number of rotatable bonds is 2. The lowest BCUT2D eigenvalue weighted by molar-refractivity contribution is 1.13. The van der Waals surface area contributed by atoms with E-state index in [2.05, 4.69) is 50.5 Å². The van der Waals surface area contributed by atoms with Crippen molar-refractivity contribution in [1.29, 1.82) is 0 Å². The quantitative estimate of drug-likeness (QED) is 0.613. The fourth-order valence-corrected chi connectivity index (χ4v) is 2.73. The number of anilines is 1. The highest BCUT2D eigenvalue weighted by Gasteiger charge is 2.09. The molecule has 3 aromatic heterocycles. The zero-order valence-corrected chi connectivity index (χ0v) is 13.6. The van der Waals surface area contributed by atoms with Crippen LogP contribution in [0.2, 0.25) is 0 Å². The highest BCUT2D eigenvalue weighted by atomic mass is 15.0. The lowest BCUT2D eigenvalue weighted by atomic mass is 10.1. The molecule has 0 aliphatic heterocycles. The van der Waals surface area contributed by atoms with Gasteiger partial charge in [0.1, 0.15) is 11.5 Å². The van der Waals surface area contributed by atoms with Crippen molar-refractivity contribution in [3.63, 3.8) is 0 Å². The minimum absolute atomic E-state index is 0.503. The number of nitrogens with zero attached hydrogens (tertiary/aromatic N) is 4. The number of benzene rings is 1. The predicted octanol–water partition coefficient (Wildman–Crippen LogP) is 3.66. The van der Waals surface area contributed by atoms with Crippen LogP contribution < -0.4 is 5.73 Å². The molecular formula is C19H17N5. The molecule has 24 heavy (non-hydrogen) atoms. The van der Waals surface area contributed by atoms with E-state index in [0.29, 0.717) is 11.6 Å². The van der Waals surface area contributed by atoms with Crippen LogP contribution in [-0.2, 0) is 0 Å². The Kier molecular flexibility index (Phi) is 3.27. The average Bonchev–Trinajstić information content (AvgIpc) is 3.00. The van der Waals surface area contributed by atoms with Gasteiger partial charge in [0.05, 0.1) is 11.9 Å². The number of pyridine rings is 1. The van der Waals surface area contributed by atoms with Crippen molar-refractivity contribution in [2.45, 2.75) is 13.8 Å². The second-order valence-electron chi connectivity index (χ2n) is 5.92. The maximum Gasteiger partial charge on any atom is 0.161 e. The number of hydrogen-bond acceptors (Lipinski definition) is 4. The van der Waals surface area contributed by atoms with E-state index < -0.39 is 0 Å². The summed E-state index contributed by atoms with van der Waals surface area (Å²) in [6.07, 6.45) is 5.62. The monoisotopic (exact) mass is 315 g/mol. The Morgan fingerprint density at radius 2 is 1.83 bits per heavy atom. The standard InChI is InChI=1S/C19H17N5/c1-12-4-3-5-14(8-12)16-11-21-17-9-15(6-7-24(16)17)19-22-10-13(2)18(20)23-19/h3-11H,1-2H3,(H2,20,22,23). The molecular weight excluding hydrogens is 298 g/mol. The molecule has 0 saturated heterocycles.